The lowest BCUT2D eigenvalue weighted by atomic mass is 9.95. The quantitative estimate of drug-likeness (QED) is 0.770. The third kappa shape index (κ3) is 3.58. The van der Waals surface area contributed by atoms with Gasteiger partial charge >= 0.3 is 0 Å². The second-order valence-corrected chi connectivity index (χ2v) is 5.69. The molecule has 0 spiro atoms. The minimum Gasteiger partial charge on any atom is -0.317 e. The SMILES string of the molecule is Cc1ccsc1CNCCC1CCNCC1. The second-order valence-electron chi connectivity index (χ2n) is 4.69. The number of nitrogens with one attached hydrogen (secondary N) is 2. The van der Waals surface area contributed by atoms with Crippen molar-refractivity contribution in [3.05, 3.63) is 21.9 Å². The lowest BCUT2D eigenvalue weighted by Crippen LogP contribution is -2.29. The fraction of sp³-hybridized carbons (Fsp3) is 0.692. The first-order valence-electron chi connectivity index (χ1n) is 6.30. The Labute approximate surface area is 102 Å². The van der Waals surface area contributed by atoms with Crippen LogP contribution in [0.1, 0.15) is 29.7 Å². The lowest BCUT2D eigenvalue weighted by Gasteiger charge is -2.22. The van der Waals surface area contributed by atoms with Crippen LogP contribution in [0.25, 0.3) is 0 Å². The zero-order valence-electron chi connectivity index (χ0n) is 10.1. The van der Waals surface area contributed by atoms with Gasteiger partial charge in [-0.3, -0.25) is 0 Å². The van der Waals surface area contributed by atoms with Crippen molar-refractivity contribution in [2.24, 2.45) is 5.92 Å². The maximum absolute atomic E-state index is 3.57. The van der Waals surface area contributed by atoms with Gasteiger partial charge in [0.1, 0.15) is 0 Å². The summed E-state index contributed by atoms with van der Waals surface area (Å²) in [5.41, 5.74) is 1.43. The van der Waals surface area contributed by atoms with Crippen LogP contribution in [-0.2, 0) is 6.54 Å². The Morgan fingerprint density at radius 2 is 2.25 bits per heavy atom. The number of aryl methyl sites for hydroxylation is 1. The van der Waals surface area contributed by atoms with E-state index in [0.29, 0.717) is 0 Å². The van der Waals surface area contributed by atoms with Crippen molar-refractivity contribution in [3.63, 3.8) is 0 Å². The molecule has 1 aliphatic heterocycles. The summed E-state index contributed by atoms with van der Waals surface area (Å²) in [6.07, 6.45) is 4.06. The lowest BCUT2D eigenvalue weighted by molar-refractivity contribution is 0.348. The molecule has 2 rings (SSSR count). The van der Waals surface area contributed by atoms with E-state index >= 15 is 0 Å². The number of rotatable bonds is 5. The van der Waals surface area contributed by atoms with Crippen LogP contribution in [-0.4, -0.2) is 19.6 Å². The molecular weight excluding hydrogens is 216 g/mol. The van der Waals surface area contributed by atoms with Crippen LogP contribution < -0.4 is 10.6 Å². The summed E-state index contributed by atoms with van der Waals surface area (Å²) in [6.45, 7) is 6.85. The van der Waals surface area contributed by atoms with E-state index in [1.807, 2.05) is 11.3 Å². The molecule has 0 amide bonds. The second kappa shape index (κ2) is 6.38. The average molecular weight is 238 g/mol. The van der Waals surface area contributed by atoms with Crippen molar-refractivity contribution in [2.75, 3.05) is 19.6 Å². The van der Waals surface area contributed by atoms with E-state index in [4.69, 9.17) is 0 Å². The van der Waals surface area contributed by atoms with Gasteiger partial charge in [-0.25, -0.2) is 0 Å². The molecule has 0 aromatic carbocycles. The molecule has 1 aromatic rings. The third-order valence-electron chi connectivity index (χ3n) is 3.44. The third-order valence-corrected chi connectivity index (χ3v) is 4.46. The molecule has 3 heteroatoms. The first kappa shape index (κ1) is 12.1. The Morgan fingerprint density at radius 1 is 1.44 bits per heavy atom. The van der Waals surface area contributed by atoms with Gasteiger partial charge in [-0.15, -0.1) is 11.3 Å². The minimum atomic E-state index is 0.943. The van der Waals surface area contributed by atoms with Gasteiger partial charge in [0.15, 0.2) is 0 Å². The summed E-state index contributed by atoms with van der Waals surface area (Å²) in [4.78, 5) is 1.49. The molecule has 0 unspecified atom stereocenters. The minimum absolute atomic E-state index is 0.943. The van der Waals surface area contributed by atoms with Gasteiger partial charge in [0.25, 0.3) is 0 Å². The van der Waals surface area contributed by atoms with Crippen molar-refractivity contribution in [1.82, 2.24) is 10.6 Å². The number of thiophene rings is 1. The summed E-state index contributed by atoms with van der Waals surface area (Å²) in [7, 11) is 0. The van der Waals surface area contributed by atoms with Gasteiger partial charge in [0.2, 0.25) is 0 Å². The van der Waals surface area contributed by atoms with Gasteiger partial charge in [0, 0.05) is 11.4 Å². The highest BCUT2D eigenvalue weighted by atomic mass is 32.1. The van der Waals surface area contributed by atoms with Crippen molar-refractivity contribution in [1.29, 1.82) is 0 Å². The number of hydrogen-bond acceptors (Lipinski definition) is 3. The number of hydrogen-bond donors (Lipinski definition) is 2. The molecule has 90 valence electrons. The van der Waals surface area contributed by atoms with E-state index in [1.165, 1.54) is 49.3 Å². The normalized spacial score (nSPS) is 17.8. The standard InChI is InChI=1S/C13H22N2S/c1-11-5-9-16-13(11)10-15-8-4-12-2-6-14-7-3-12/h5,9,12,14-15H,2-4,6-8,10H2,1H3. The summed E-state index contributed by atoms with van der Waals surface area (Å²) >= 11 is 1.86. The molecule has 1 aromatic heterocycles. The molecule has 0 aliphatic carbocycles. The molecule has 2 nitrogen and oxygen atoms in total. The fourth-order valence-electron chi connectivity index (χ4n) is 2.26. The summed E-state index contributed by atoms with van der Waals surface area (Å²) in [5, 5.41) is 9.16. The van der Waals surface area contributed by atoms with Crippen LogP contribution in [0.4, 0.5) is 0 Å². The Bertz CT molecular complexity index is 303. The van der Waals surface area contributed by atoms with Crippen LogP contribution >= 0.6 is 11.3 Å². The smallest absolute Gasteiger partial charge is 0.0302 e. The molecule has 0 saturated carbocycles. The van der Waals surface area contributed by atoms with Gasteiger partial charge in [-0.1, -0.05) is 0 Å². The fourth-order valence-corrected chi connectivity index (χ4v) is 3.14. The van der Waals surface area contributed by atoms with Crippen molar-refractivity contribution >= 4 is 11.3 Å². The Morgan fingerprint density at radius 3 is 2.94 bits per heavy atom. The molecule has 2 N–H and O–H groups in total. The van der Waals surface area contributed by atoms with Gasteiger partial charge < -0.3 is 10.6 Å². The molecule has 2 heterocycles. The van der Waals surface area contributed by atoms with Crippen LogP contribution in [0, 0.1) is 12.8 Å². The molecule has 1 saturated heterocycles. The van der Waals surface area contributed by atoms with Gasteiger partial charge in [0.05, 0.1) is 0 Å². The molecule has 0 radical (unpaired) electrons. The molecule has 1 fully saturated rings. The zero-order valence-corrected chi connectivity index (χ0v) is 10.9. The maximum Gasteiger partial charge on any atom is 0.0302 e. The van der Waals surface area contributed by atoms with E-state index in [-0.39, 0.29) is 0 Å². The van der Waals surface area contributed by atoms with Gasteiger partial charge in [-0.05, 0) is 68.7 Å². The highest BCUT2D eigenvalue weighted by Crippen LogP contribution is 2.16. The monoisotopic (exact) mass is 238 g/mol. The molecule has 0 atom stereocenters. The topological polar surface area (TPSA) is 24.1 Å². The Balaban J connectivity index is 1.59. The van der Waals surface area contributed by atoms with Crippen LogP contribution in [0.15, 0.2) is 11.4 Å². The van der Waals surface area contributed by atoms with Crippen molar-refractivity contribution in [3.8, 4) is 0 Å². The molecule has 0 bridgehead atoms. The maximum atomic E-state index is 3.57. The summed E-state index contributed by atoms with van der Waals surface area (Å²) < 4.78 is 0. The molecule has 1 aliphatic rings. The summed E-state index contributed by atoms with van der Waals surface area (Å²) in [5.74, 6) is 0.943. The van der Waals surface area contributed by atoms with E-state index in [0.717, 1.165) is 12.5 Å². The van der Waals surface area contributed by atoms with E-state index in [2.05, 4.69) is 29.0 Å². The number of piperidine rings is 1. The first-order valence-corrected chi connectivity index (χ1v) is 7.18. The van der Waals surface area contributed by atoms with Crippen LogP contribution in [0.3, 0.4) is 0 Å². The van der Waals surface area contributed by atoms with Gasteiger partial charge in [-0.2, -0.15) is 0 Å². The van der Waals surface area contributed by atoms with Crippen molar-refractivity contribution in [2.45, 2.75) is 32.7 Å². The predicted molar refractivity (Wildman–Crippen MR) is 71.0 cm³/mol. The molecule has 16 heavy (non-hydrogen) atoms. The first-order chi connectivity index (χ1) is 7.86. The highest BCUT2D eigenvalue weighted by Gasteiger charge is 2.11. The predicted octanol–water partition coefficient (Wildman–Crippen LogP) is 2.54. The Hall–Kier alpha value is -0.380. The van der Waals surface area contributed by atoms with Crippen LogP contribution in [0.5, 0.6) is 0 Å². The average Bonchev–Trinajstić information content (AvgIpc) is 2.72. The van der Waals surface area contributed by atoms with E-state index in [9.17, 15) is 0 Å². The molecular formula is C13H22N2S. The summed E-state index contributed by atoms with van der Waals surface area (Å²) in [6, 6.07) is 2.20. The van der Waals surface area contributed by atoms with Crippen molar-refractivity contribution < 1.29 is 0 Å². The largest absolute Gasteiger partial charge is 0.317 e. The van der Waals surface area contributed by atoms with E-state index in [1.54, 1.807) is 0 Å². The van der Waals surface area contributed by atoms with E-state index < -0.39 is 0 Å². The zero-order chi connectivity index (χ0) is 11.2. The Kier molecular flexibility index (Phi) is 4.82. The highest BCUT2D eigenvalue weighted by molar-refractivity contribution is 7.10. The van der Waals surface area contributed by atoms with Crippen LogP contribution in [0.2, 0.25) is 0 Å².